The Morgan fingerprint density at radius 1 is 1.50 bits per heavy atom. The molecule has 1 aliphatic heterocycles. The topological polar surface area (TPSA) is 116 Å². The van der Waals surface area contributed by atoms with Crippen LogP contribution in [-0.4, -0.2) is 51.6 Å². The van der Waals surface area contributed by atoms with E-state index in [0.29, 0.717) is 24.5 Å². The highest BCUT2D eigenvalue weighted by atomic mass is 32.2. The number of hydrogen-bond acceptors (Lipinski definition) is 8. The highest BCUT2D eigenvalue weighted by Gasteiger charge is 2.41. The van der Waals surface area contributed by atoms with Crippen LogP contribution in [0.4, 0.5) is 0 Å². The van der Waals surface area contributed by atoms with Crippen LogP contribution in [0.1, 0.15) is 26.2 Å². The molecule has 10 heteroatoms. The van der Waals surface area contributed by atoms with Crippen molar-refractivity contribution in [1.82, 2.24) is 4.90 Å². The molecule has 1 unspecified atom stereocenters. The van der Waals surface area contributed by atoms with Gasteiger partial charge in [0, 0.05) is 24.5 Å². The Morgan fingerprint density at radius 3 is 2.82 bits per heavy atom. The van der Waals surface area contributed by atoms with E-state index in [1.54, 1.807) is 0 Å². The Labute approximate surface area is 130 Å². The normalized spacial score (nSPS) is 25.9. The minimum absolute atomic E-state index is 0.0531. The molecule has 1 saturated heterocycles. The third-order valence-corrected chi connectivity index (χ3v) is 4.56. The fraction of sp³-hybridized carbons (Fsp3) is 0.750. The molecule has 3 atom stereocenters. The summed E-state index contributed by atoms with van der Waals surface area (Å²) in [4.78, 5) is 51.4. The van der Waals surface area contributed by atoms with Crippen LogP contribution in [0.2, 0.25) is 0 Å². The van der Waals surface area contributed by atoms with Crippen LogP contribution in [0.15, 0.2) is 0 Å². The first-order chi connectivity index (χ1) is 10.4. The smallest absolute Gasteiger partial charge is 0.331 e. The third kappa shape index (κ3) is 3.87. The second-order valence-corrected chi connectivity index (χ2v) is 6.14. The van der Waals surface area contributed by atoms with Crippen molar-refractivity contribution in [3.05, 3.63) is 10.1 Å². The number of ether oxygens (including phenoxy) is 1. The highest BCUT2D eigenvalue weighted by Crippen LogP contribution is 2.29. The molecule has 0 N–H and O–H groups in total. The number of hydrogen-bond donors (Lipinski definition) is 0. The minimum atomic E-state index is -1.34. The zero-order chi connectivity index (χ0) is 16.3. The maximum atomic E-state index is 12.4. The summed E-state index contributed by atoms with van der Waals surface area (Å²) >= 11 is 1.39. The van der Waals surface area contributed by atoms with Gasteiger partial charge in [-0.2, -0.15) is 0 Å². The predicted molar refractivity (Wildman–Crippen MR) is 73.9 cm³/mol. The summed E-state index contributed by atoms with van der Waals surface area (Å²) in [7, 11) is 0. The van der Waals surface area contributed by atoms with Crippen molar-refractivity contribution in [2.24, 2.45) is 5.92 Å². The average molecular weight is 332 g/mol. The first-order valence-electron chi connectivity index (χ1n) is 6.80. The molecule has 9 nitrogen and oxygen atoms in total. The molecule has 122 valence electrons. The lowest BCUT2D eigenvalue weighted by atomic mass is 10.1. The van der Waals surface area contributed by atoms with Crippen molar-refractivity contribution in [1.29, 1.82) is 0 Å². The van der Waals surface area contributed by atoms with Crippen molar-refractivity contribution in [2.45, 2.75) is 38.5 Å². The van der Waals surface area contributed by atoms with E-state index < -0.39 is 23.4 Å². The summed E-state index contributed by atoms with van der Waals surface area (Å²) in [5.41, 5.74) is 0. The molecule has 0 bridgehead atoms. The lowest BCUT2D eigenvalue weighted by Gasteiger charge is -2.25. The number of rotatable bonds is 5. The van der Waals surface area contributed by atoms with E-state index in [2.05, 4.69) is 4.84 Å². The number of thioether (sulfide) groups is 1. The van der Waals surface area contributed by atoms with Gasteiger partial charge in [-0.05, 0) is 13.3 Å². The van der Waals surface area contributed by atoms with Gasteiger partial charge in [-0.25, -0.2) is 4.79 Å². The summed E-state index contributed by atoms with van der Waals surface area (Å²) in [6.07, 6.45) is -0.234. The number of amides is 1. The quantitative estimate of drug-likeness (QED) is 0.306. The zero-order valence-corrected chi connectivity index (χ0v) is 12.7. The Balaban J connectivity index is 1.94. The number of nitrogens with zero attached hydrogens (tertiary/aromatic N) is 2. The molecule has 2 aliphatic rings. The molecule has 0 aromatic carbocycles. The Hall–Kier alpha value is -1.84. The van der Waals surface area contributed by atoms with Crippen LogP contribution in [-0.2, 0) is 24.0 Å². The van der Waals surface area contributed by atoms with Gasteiger partial charge in [-0.1, -0.05) is 0 Å². The third-order valence-electron chi connectivity index (χ3n) is 3.55. The van der Waals surface area contributed by atoms with Gasteiger partial charge in [0.2, 0.25) is 12.2 Å². The van der Waals surface area contributed by atoms with Crippen LogP contribution in [0.25, 0.3) is 0 Å². The first-order valence-corrected chi connectivity index (χ1v) is 7.95. The van der Waals surface area contributed by atoms with Gasteiger partial charge >= 0.3 is 5.97 Å². The summed E-state index contributed by atoms with van der Waals surface area (Å²) in [6.45, 7) is 1.23. The molecule has 2 fully saturated rings. The zero-order valence-electron chi connectivity index (χ0n) is 11.9. The minimum Gasteiger partial charge on any atom is -0.434 e. The second kappa shape index (κ2) is 6.95. The number of carbonyl (C=O) groups excluding carboxylic acids is 3. The van der Waals surface area contributed by atoms with E-state index in [4.69, 9.17) is 4.74 Å². The number of Topliss-reactive ketones (excluding diaryl/α,β-unsaturated/α-hetero) is 1. The maximum Gasteiger partial charge on any atom is 0.331 e. The van der Waals surface area contributed by atoms with Crippen molar-refractivity contribution in [3.8, 4) is 0 Å². The summed E-state index contributed by atoms with van der Waals surface area (Å²) < 4.78 is 4.83. The first kappa shape index (κ1) is 16.5. The van der Waals surface area contributed by atoms with E-state index in [-0.39, 0.29) is 24.0 Å². The molecule has 2 rings (SSSR count). The average Bonchev–Trinajstić information content (AvgIpc) is 3.05. The maximum absolute atomic E-state index is 12.4. The fourth-order valence-electron chi connectivity index (χ4n) is 2.50. The highest BCUT2D eigenvalue weighted by molar-refractivity contribution is 7.99. The van der Waals surface area contributed by atoms with Gasteiger partial charge < -0.3 is 9.64 Å². The van der Waals surface area contributed by atoms with Crippen LogP contribution >= 0.6 is 11.8 Å². The number of esters is 1. The van der Waals surface area contributed by atoms with Crippen molar-refractivity contribution >= 4 is 29.4 Å². The number of carbonyl (C=O) groups is 3. The molecule has 1 saturated carbocycles. The predicted octanol–water partition coefficient (Wildman–Crippen LogP) is 0.355. The van der Waals surface area contributed by atoms with Crippen LogP contribution in [0.3, 0.4) is 0 Å². The summed E-state index contributed by atoms with van der Waals surface area (Å²) in [5.74, 6) is -0.603. The van der Waals surface area contributed by atoms with Gasteiger partial charge in [0.25, 0.3) is 5.09 Å². The summed E-state index contributed by atoms with van der Waals surface area (Å²) in [6, 6.07) is -0.800. The molecule has 0 radical (unpaired) electrons. The lowest BCUT2D eigenvalue weighted by Crippen LogP contribution is -2.46. The molecule has 22 heavy (non-hydrogen) atoms. The van der Waals surface area contributed by atoms with E-state index in [1.165, 1.54) is 23.6 Å². The van der Waals surface area contributed by atoms with E-state index in [9.17, 15) is 24.5 Å². The van der Waals surface area contributed by atoms with E-state index in [1.807, 2.05) is 0 Å². The van der Waals surface area contributed by atoms with E-state index >= 15 is 0 Å². The molecule has 1 amide bonds. The van der Waals surface area contributed by atoms with Crippen LogP contribution in [0, 0.1) is 16.0 Å². The van der Waals surface area contributed by atoms with Gasteiger partial charge in [-0.3, -0.25) is 14.4 Å². The Kier molecular flexibility index (Phi) is 5.22. The lowest BCUT2D eigenvalue weighted by molar-refractivity contribution is -0.777. The molecule has 0 aromatic rings. The summed E-state index contributed by atoms with van der Waals surface area (Å²) in [5, 5.41) is 9.13. The monoisotopic (exact) mass is 332 g/mol. The molecule has 1 aliphatic carbocycles. The Bertz CT molecular complexity index is 498. The van der Waals surface area contributed by atoms with Crippen molar-refractivity contribution < 1.29 is 29.0 Å². The Morgan fingerprint density at radius 2 is 2.23 bits per heavy atom. The second-order valence-electron chi connectivity index (χ2n) is 5.14. The van der Waals surface area contributed by atoms with Gasteiger partial charge in [0.1, 0.15) is 11.8 Å². The largest absolute Gasteiger partial charge is 0.434 e. The van der Waals surface area contributed by atoms with Crippen LogP contribution < -0.4 is 0 Å². The fourth-order valence-corrected chi connectivity index (χ4v) is 3.65. The SMILES string of the molecule is CC(OC(=O)[C@@H]1CSCN1C(=O)[C@@H]1CCC(=O)C1)O[N+](=O)[O-]. The standard InChI is InChI=1S/C12H16N2O7S/c1-7(21-14(18)19)20-12(17)10-5-22-6-13(10)11(16)8-2-3-9(15)4-8/h7-8,10H,2-6H2,1H3/t7?,8-,10+/m1/s1. The van der Waals surface area contributed by atoms with E-state index in [0.717, 1.165) is 0 Å². The van der Waals surface area contributed by atoms with Crippen molar-refractivity contribution in [2.75, 3.05) is 11.6 Å². The van der Waals surface area contributed by atoms with Crippen LogP contribution in [0.5, 0.6) is 0 Å². The number of ketones is 1. The van der Waals surface area contributed by atoms with Gasteiger partial charge in [-0.15, -0.1) is 21.9 Å². The molecular weight excluding hydrogens is 316 g/mol. The molecule has 0 spiro atoms. The van der Waals surface area contributed by atoms with Gasteiger partial charge in [0.05, 0.1) is 5.88 Å². The van der Waals surface area contributed by atoms with Crippen molar-refractivity contribution in [3.63, 3.8) is 0 Å². The molecule has 0 aromatic heterocycles. The molecular formula is C12H16N2O7S. The van der Waals surface area contributed by atoms with Gasteiger partial charge in [0.15, 0.2) is 0 Å². The molecule has 1 heterocycles.